The molecule has 0 unspecified atom stereocenters. The first-order chi connectivity index (χ1) is 16.0. The molecule has 0 aliphatic rings. The second-order valence-electron chi connectivity index (χ2n) is 10.1. The minimum absolute atomic E-state index is 0.0443. The van der Waals surface area contributed by atoms with Crippen LogP contribution in [0.4, 0.5) is 0 Å². The summed E-state index contributed by atoms with van der Waals surface area (Å²) in [6.45, 7) is 11.4. The summed E-state index contributed by atoms with van der Waals surface area (Å²) in [4.78, 5) is 11.9. The normalized spacial score (nSPS) is 12.2. The predicted molar refractivity (Wildman–Crippen MR) is 147 cm³/mol. The third-order valence-electron chi connectivity index (χ3n) is 6.28. The minimum atomic E-state index is -0.0443. The first-order valence-corrected chi connectivity index (χ1v) is 14.1. The predicted octanol–water partition coefficient (Wildman–Crippen LogP) is 10.4. The van der Waals surface area contributed by atoms with Crippen molar-refractivity contribution in [2.75, 3.05) is 6.61 Å². The van der Waals surface area contributed by atoms with Crippen LogP contribution in [0.25, 0.3) is 0 Å². The third-order valence-corrected chi connectivity index (χ3v) is 6.28. The van der Waals surface area contributed by atoms with Gasteiger partial charge in [0.1, 0.15) is 6.61 Å². The first kappa shape index (κ1) is 31.7. The zero-order valence-corrected chi connectivity index (χ0v) is 23.0. The molecule has 192 valence electrons. The maximum Gasteiger partial charge on any atom is 0.306 e. The highest BCUT2D eigenvalue weighted by Crippen LogP contribution is 2.14. The van der Waals surface area contributed by atoms with Crippen molar-refractivity contribution < 1.29 is 9.53 Å². The van der Waals surface area contributed by atoms with Gasteiger partial charge in [0.2, 0.25) is 0 Å². The number of esters is 1. The van der Waals surface area contributed by atoms with Crippen LogP contribution in [0.2, 0.25) is 0 Å². The molecular formula is C31H56O2. The Kier molecular flexibility index (Phi) is 22.9. The van der Waals surface area contributed by atoms with Crippen LogP contribution >= 0.6 is 0 Å². The van der Waals surface area contributed by atoms with E-state index in [9.17, 15) is 4.79 Å². The number of hydrogen-bond acceptors (Lipinski definition) is 2. The molecule has 0 aromatic rings. The van der Waals surface area contributed by atoms with Crippen LogP contribution in [0.1, 0.15) is 150 Å². The van der Waals surface area contributed by atoms with Crippen LogP contribution in [0, 0.1) is 0 Å². The maximum absolute atomic E-state index is 11.9. The van der Waals surface area contributed by atoms with E-state index in [2.05, 4.69) is 52.8 Å². The highest BCUT2D eigenvalue weighted by molar-refractivity contribution is 5.69. The zero-order valence-electron chi connectivity index (χ0n) is 23.0. The second-order valence-corrected chi connectivity index (χ2v) is 10.1. The lowest BCUT2D eigenvalue weighted by atomic mass is 10.0. The average molecular weight is 461 g/mol. The van der Waals surface area contributed by atoms with Crippen molar-refractivity contribution in [3.63, 3.8) is 0 Å². The number of rotatable bonds is 22. The fourth-order valence-electron chi connectivity index (χ4n) is 3.98. The van der Waals surface area contributed by atoms with Gasteiger partial charge in [-0.2, -0.15) is 0 Å². The smallest absolute Gasteiger partial charge is 0.306 e. The molecule has 0 radical (unpaired) electrons. The van der Waals surface area contributed by atoms with Crippen LogP contribution in [0.3, 0.4) is 0 Å². The number of carbonyl (C=O) groups excluding carboxylic acids is 1. The van der Waals surface area contributed by atoms with Gasteiger partial charge in [0.25, 0.3) is 0 Å². The van der Waals surface area contributed by atoms with E-state index < -0.39 is 0 Å². The summed E-state index contributed by atoms with van der Waals surface area (Å²) >= 11 is 0. The lowest BCUT2D eigenvalue weighted by Gasteiger charge is -2.05. The van der Waals surface area contributed by atoms with E-state index in [0.717, 1.165) is 38.5 Å². The lowest BCUT2D eigenvalue weighted by Crippen LogP contribution is -2.04. The Morgan fingerprint density at radius 2 is 1.03 bits per heavy atom. The molecule has 0 saturated heterocycles. The summed E-state index contributed by atoms with van der Waals surface area (Å²) in [6.07, 6.45) is 28.9. The van der Waals surface area contributed by atoms with E-state index in [1.807, 2.05) is 0 Å². The molecule has 0 heterocycles. The molecule has 0 rings (SSSR count). The van der Waals surface area contributed by atoms with E-state index in [1.54, 1.807) is 0 Å². The molecule has 0 fully saturated rings. The summed E-state index contributed by atoms with van der Waals surface area (Å²) in [5, 5.41) is 0. The minimum Gasteiger partial charge on any atom is -0.461 e. The molecule has 2 nitrogen and oxygen atoms in total. The number of ether oxygens (including phenoxy) is 1. The molecule has 33 heavy (non-hydrogen) atoms. The van der Waals surface area contributed by atoms with Crippen LogP contribution < -0.4 is 0 Å². The monoisotopic (exact) mass is 460 g/mol. The number of allylic oxidation sites excluding steroid dienone is 5. The number of unbranched alkanes of at least 4 members (excludes halogenated alkanes) is 12. The largest absolute Gasteiger partial charge is 0.461 e. The van der Waals surface area contributed by atoms with Gasteiger partial charge in [0.05, 0.1) is 0 Å². The summed E-state index contributed by atoms with van der Waals surface area (Å²) in [7, 11) is 0. The Morgan fingerprint density at radius 3 is 1.55 bits per heavy atom. The van der Waals surface area contributed by atoms with Gasteiger partial charge in [0.15, 0.2) is 0 Å². The van der Waals surface area contributed by atoms with E-state index in [-0.39, 0.29) is 5.97 Å². The lowest BCUT2D eigenvalue weighted by molar-refractivity contribution is -0.142. The standard InChI is InChI=1S/C31H56O2/c1-6-7-8-9-10-11-12-13-14-15-16-17-18-25-31(32)33-27-26-30(5)24-20-23-29(4)22-19-21-28(2)3/h21,23,26H,6-20,22,24-25,27H2,1-5H3. The molecule has 0 aromatic heterocycles. The topological polar surface area (TPSA) is 26.3 Å². The van der Waals surface area contributed by atoms with Crippen molar-refractivity contribution in [3.8, 4) is 0 Å². The first-order valence-electron chi connectivity index (χ1n) is 14.1. The van der Waals surface area contributed by atoms with Crippen molar-refractivity contribution in [2.24, 2.45) is 0 Å². The molecule has 0 N–H and O–H groups in total. The molecule has 0 spiro atoms. The van der Waals surface area contributed by atoms with E-state index >= 15 is 0 Å². The van der Waals surface area contributed by atoms with Gasteiger partial charge in [0, 0.05) is 6.42 Å². The van der Waals surface area contributed by atoms with Crippen molar-refractivity contribution in [1.29, 1.82) is 0 Å². The van der Waals surface area contributed by atoms with Crippen molar-refractivity contribution in [1.82, 2.24) is 0 Å². The van der Waals surface area contributed by atoms with Crippen molar-refractivity contribution in [3.05, 3.63) is 34.9 Å². The van der Waals surface area contributed by atoms with Crippen LogP contribution in [-0.4, -0.2) is 12.6 Å². The maximum atomic E-state index is 11.9. The van der Waals surface area contributed by atoms with Gasteiger partial charge in [-0.15, -0.1) is 0 Å². The molecule has 0 bridgehead atoms. The highest BCUT2D eigenvalue weighted by atomic mass is 16.5. The van der Waals surface area contributed by atoms with Gasteiger partial charge in [-0.1, -0.05) is 113 Å². The van der Waals surface area contributed by atoms with Crippen LogP contribution in [0.5, 0.6) is 0 Å². The quantitative estimate of drug-likeness (QED) is 0.0912. The summed E-state index contributed by atoms with van der Waals surface area (Å²) in [6, 6.07) is 0. The van der Waals surface area contributed by atoms with Gasteiger partial charge >= 0.3 is 5.97 Å². The Bertz CT molecular complexity index is 549. The zero-order chi connectivity index (χ0) is 24.6. The molecule has 2 heteroatoms. The number of carbonyl (C=O) groups is 1. The van der Waals surface area contributed by atoms with Crippen LogP contribution in [-0.2, 0) is 9.53 Å². The molecule has 0 aliphatic carbocycles. The Morgan fingerprint density at radius 1 is 0.576 bits per heavy atom. The fourth-order valence-corrected chi connectivity index (χ4v) is 3.98. The third kappa shape index (κ3) is 25.2. The van der Waals surface area contributed by atoms with Gasteiger partial charge < -0.3 is 4.74 Å². The second kappa shape index (κ2) is 23.8. The van der Waals surface area contributed by atoms with E-state index in [1.165, 1.54) is 87.3 Å². The molecule has 0 amide bonds. The summed E-state index contributed by atoms with van der Waals surface area (Å²) in [5.74, 6) is -0.0443. The Balaban J connectivity index is 3.56. The van der Waals surface area contributed by atoms with Crippen molar-refractivity contribution >= 4 is 5.97 Å². The Hall–Kier alpha value is -1.31. The fraction of sp³-hybridized carbons (Fsp3) is 0.774. The van der Waals surface area contributed by atoms with Crippen LogP contribution in [0.15, 0.2) is 34.9 Å². The Labute approximate surface area is 207 Å². The SMILES string of the molecule is CCCCCCCCCCCCCCCC(=O)OCC=C(C)CCC=C(C)CCC=C(C)C. The summed E-state index contributed by atoms with van der Waals surface area (Å²) in [5.41, 5.74) is 4.16. The molecular weight excluding hydrogens is 404 g/mol. The van der Waals surface area contributed by atoms with E-state index in [0.29, 0.717) is 13.0 Å². The van der Waals surface area contributed by atoms with Gasteiger partial charge in [-0.05, 0) is 65.9 Å². The van der Waals surface area contributed by atoms with Crippen molar-refractivity contribution in [2.45, 2.75) is 150 Å². The molecule has 0 aliphatic heterocycles. The van der Waals surface area contributed by atoms with E-state index in [4.69, 9.17) is 4.74 Å². The number of hydrogen-bond donors (Lipinski definition) is 0. The van der Waals surface area contributed by atoms with Gasteiger partial charge in [-0.25, -0.2) is 0 Å². The summed E-state index contributed by atoms with van der Waals surface area (Å²) < 4.78 is 5.39. The molecule has 0 aromatic carbocycles. The average Bonchev–Trinajstić information content (AvgIpc) is 2.76. The molecule has 0 saturated carbocycles. The van der Waals surface area contributed by atoms with Gasteiger partial charge in [-0.3, -0.25) is 4.79 Å². The highest BCUT2D eigenvalue weighted by Gasteiger charge is 2.02. The molecule has 0 atom stereocenters.